The van der Waals surface area contributed by atoms with Gasteiger partial charge in [0.1, 0.15) is 18.2 Å². The van der Waals surface area contributed by atoms with Gasteiger partial charge in [0.05, 0.1) is 35.6 Å². The first-order valence-corrected chi connectivity index (χ1v) is 12.6. The van der Waals surface area contributed by atoms with Crippen LogP contribution in [0.5, 0.6) is 11.9 Å². The number of aromatic nitrogens is 3. The molecule has 0 amide bonds. The van der Waals surface area contributed by atoms with Crippen molar-refractivity contribution in [3.05, 3.63) is 46.8 Å². The third kappa shape index (κ3) is 4.80. The van der Waals surface area contributed by atoms with Gasteiger partial charge in [-0.1, -0.05) is 18.2 Å². The van der Waals surface area contributed by atoms with Crippen LogP contribution in [0.15, 0.2) is 24.3 Å². The van der Waals surface area contributed by atoms with Crippen molar-refractivity contribution in [2.24, 2.45) is 0 Å². The van der Waals surface area contributed by atoms with Gasteiger partial charge in [-0.25, -0.2) is 13.2 Å². The number of methoxy groups -OCH3 is 1. The molecule has 1 aromatic carbocycles. The highest BCUT2D eigenvalue weighted by Crippen LogP contribution is 2.51. The van der Waals surface area contributed by atoms with E-state index in [4.69, 9.17) is 9.47 Å². The van der Waals surface area contributed by atoms with Crippen LogP contribution in [-0.4, -0.2) is 53.2 Å². The van der Waals surface area contributed by atoms with E-state index in [1.165, 1.54) is 19.2 Å². The number of likely N-dealkylation sites (N-methyl/N-ethyl adjacent to an activating group) is 1. The molecule has 2 atom stereocenters. The first-order valence-electron chi connectivity index (χ1n) is 12.6. The van der Waals surface area contributed by atoms with Crippen LogP contribution < -0.4 is 14.8 Å². The van der Waals surface area contributed by atoms with Crippen LogP contribution >= 0.6 is 0 Å². The number of fused-ring (bicyclic) bond motifs is 1. The second-order valence-corrected chi connectivity index (χ2v) is 9.97. The maximum Gasteiger partial charge on any atom is 0.320 e. The monoisotopic (exact) mass is 526 g/mol. The molecule has 2 aromatic heterocycles. The predicted octanol–water partition coefficient (Wildman–Crippen LogP) is 5.31. The number of hydrogen-bond acceptors (Lipinski definition) is 8. The van der Waals surface area contributed by atoms with Gasteiger partial charge in [0, 0.05) is 17.2 Å². The van der Waals surface area contributed by atoms with Crippen LogP contribution in [0.25, 0.3) is 11.0 Å². The number of nitrogens with one attached hydrogen (secondary N) is 1. The van der Waals surface area contributed by atoms with Crippen molar-refractivity contribution >= 4 is 16.9 Å². The van der Waals surface area contributed by atoms with Crippen LogP contribution in [0.2, 0.25) is 0 Å². The highest BCUT2D eigenvalue weighted by molar-refractivity contribution is 5.88. The lowest BCUT2D eigenvalue weighted by Crippen LogP contribution is -2.31. The average Bonchev–Trinajstić information content (AvgIpc) is 3.60. The van der Waals surface area contributed by atoms with E-state index in [0.29, 0.717) is 42.1 Å². The van der Waals surface area contributed by atoms with E-state index in [0.717, 1.165) is 25.5 Å². The number of rotatable bonds is 9. The number of benzene rings is 1. The Balaban J connectivity index is 1.56. The molecule has 2 fully saturated rings. The quantitative estimate of drug-likeness (QED) is 0.401. The van der Waals surface area contributed by atoms with Crippen molar-refractivity contribution in [2.45, 2.75) is 56.5 Å². The Bertz CT molecular complexity index is 1390. The Hall–Kier alpha value is -3.65. The Morgan fingerprint density at radius 1 is 1.24 bits per heavy atom. The van der Waals surface area contributed by atoms with Crippen molar-refractivity contribution < 1.29 is 22.6 Å². The van der Waals surface area contributed by atoms with Gasteiger partial charge < -0.3 is 19.7 Å². The van der Waals surface area contributed by atoms with Gasteiger partial charge >= 0.3 is 6.01 Å². The topological polar surface area (TPSA) is 96.2 Å². The molecule has 1 saturated heterocycles. The zero-order chi connectivity index (χ0) is 27.0. The van der Waals surface area contributed by atoms with Gasteiger partial charge in [-0.05, 0) is 52.3 Å². The summed E-state index contributed by atoms with van der Waals surface area (Å²) in [6, 6.07) is 7.64. The van der Waals surface area contributed by atoms with Gasteiger partial charge in [-0.3, -0.25) is 0 Å². The molecule has 200 valence electrons. The molecule has 3 aromatic rings. The highest BCUT2D eigenvalue weighted by atomic mass is 19.3. The maximum absolute atomic E-state index is 14.9. The molecule has 0 bridgehead atoms. The van der Waals surface area contributed by atoms with Gasteiger partial charge in [0.15, 0.2) is 5.65 Å². The molecule has 1 N–H and O–H groups in total. The van der Waals surface area contributed by atoms with Crippen LogP contribution in [-0.2, 0) is 5.41 Å². The van der Waals surface area contributed by atoms with Crippen molar-refractivity contribution in [1.82, 2.24) is 19.9 Å². The maximum atomic E-state index is 14.9. The van der Waals surface area contributed by atoms with Gasteiger partial charge in [-0.2, -0.15) is 20.2 Å². The summed E-state index contributed by atoms with van der Waals surface area (Å²) in [6.07, 6.45) is 0.496. The first-order chi connectivity index (χ1) is 18.3. The minimum Gasteiger partial charge on any atom is -0.481 e. The minimum absolute atomic E-state index is 0.0713. The summed E-state index contributed by atoms with van der Waals surface area (Å²) in [4.78, 5) is 15.8. The van der Waals surface area contributed by atoms with E-state index in [1.54, 1.807) is 13.0 Å². The normalized spacial score (nSPS) is 19.4. The number of alkyl halides is 2. The van der Waals surface area contributed by atoms with E-state index in [1.807, 2.05) is 7.05 Å². The van der Waals surface area contributed by atoms with Crippen molar-refractivity contribution in [2.75, 3.05) is 32.6 Å². The second kappa shape index (κ2) is 10.3. The van der Waals surface area contributed by atoms with Crippen LogP contribution in [0.3, 0.4) is 0 Å². The highest BCUT2D eigenvalue weighted by Gasteiger charge is 2.48. The molecule has 11 heteroatoms. The molecule has 38 heavy (non-hydrogen) atoms. The number of likely N-dealkylation sites (tertiary alicyclic amines) is 1. The van der Waals surface area contributed by atoms with E-state index in [2.05, 4.69) is 31.2 Å². The van der Waals surface area contributed by atoms with E-state index in [9.17, 15) is 18.4 Å². The molecule has 0 unspecified atom stereocenters. The standard InChI is InChI=1S/C27H29F3N6O2/c1-15(17-7-4-8-18(21(17)28)22(29)30)32-23-19-12-20(27(14-31)9-10-27)25(37-3)33-24(19)35-26(34-23)38-13-16-6-5-11-36(16)2/h4,7-8,12,15-16,22H,5-6,9-11,13H2,1-3H3,(H,32,33,34,35)/t15-,16+/m1/s1. The first kappa shape index (κ1) is 26.0. The minimum atomic E-state index is -2.93. The third-order valence-electron chi connectivity index (χ3n) is 7.49. The van der Waals surface area contributed by atoms with Crippen LogP contribution in [0, 0.1) is 17.1 Å². The van der Waals surface area contributed by atoms with Gasteiger partial charge in [-0.15, -0.1) is 0 Å². The van der Waals surface area contributed by atoms with Crippen LogP contribution in [0.4, 0.5) is 19.0 Å². The fourth-order valence-electron chi connectivity index (χ4n) is 4.97. The summed E-state index contributed by atoms with van der Waals surface area (Å²) < 4.78 is 53.0. The lowest BCUT2D eigenvalue weighted by atomic mass is 9.97. The summed E-state index contributed by atoms with van der Waals surface area (Å²) in [5.74, 6) is -0.376. The van der Waals surface area contributed by atoms with E-state index in [-0.39, 0.29) is 23.3 Å². The summed E-state index contributed by atoms with van der Waals surface area (Å²) in [5.41, 5.74) is -0.383. The van der Waals surface area contributed by atoms with Crippen molar-refractivity contribution in [3.63, 3.8) is 0 Å². The molecule has 1 aliphatic carbocycles. The fraction of sp³-hybridized carbons (Fsp3) is 0.481. The summed E-state index contributed by atoms with van der Waals surface area (Å²) in [7, 11) is 3.52. The molecule has 0 radical (unpaired) electrons. The predicted molar refractivity (Wildman–Crippen MR) is 135 cm³/mol. The SMILES string of the molecule is COc1nc2nc(OC[C@@H]3CCCN3C)nc(N[C@H](C)c3cccc(C(F)F)c3F)c2cc1C1(C#N)CC1. The van der Waals surface area contributed by atoms with Crippen molar-refractivity contribution in [3.8, 4) is 18.0 Å². The van der Waals surface area contributed by atoms with E-state index >= 15 is 0 Å². The second-order valence-electron chi connectivity index (χ2n) is 9.97. The third-order valence-corrected chi connectivity index (χ3v) is 7.49. The van der Waals surface area contributed by atoms with E-state index < -0.39 is 29.3 Å². The molecule has 3 heterocycles. The molecule has 8 nitrogen and oxygen atoms in total. The Morgan fingerprint density at radius 3 is 2.63 bits per heavy atom. The summed E-state index contributed by atoms with van der Waals surface area (Å²) >= 11 is 0. The lowest BCUT2D eigenvalue weighted by Gasteiger charge is -2.21. The molecule has 1 aliphatic heterocycles. The summed E-state index contributed by atoms with van der Waals surface area (Å²) in [6.45, 7) is 3.03. The number of ether oxygens (including phenoxy) is 2. The molecule has 5 rings (SSSR count). The van der Waals surface area contributed by atoms with Gasteiger partial charge in [0.25, 0.3) is 6.43 Å². The number of halogens is 3. The smallest absolute Gasteiger partial charge is 0.320 e. The van der Waals surface area contributed by atoms with Crippen LogP contribution in [0.1, 0.15) is 61.8 Å². The van der Waals surface area contributed by atoms with Crippen molar-refractivity contribution in [1.29, 1.82) is 5.26 Å². The zero-order valence-corrected chi connectivity index (χ0v) is 21.5. The summed E-state index contributed by atoms with van der Waals surface area (Å²) in [5, 5.41) is 13.4. The number of nitriles is 1. The molecule has 0 spiro atoms. The molecular formula is C27H29F3N6O2. The Labute approximate surface area is 218 Å². The number of anilines is 1. The molecule has 1 saturated carbocycles. The fourth-order valence-corrected chi connectivity index (χ4v) is 4.97. The number of nitrogens with zero attached hydrogens (tertiary/aromatic N) is 5. The number of pyridine rings is 1. The lowest BCUT2D eigenvalue weighted by molar-refractivity contribution is 0.146. The zero-order valence-electron chi connectivity index (χ0n) is 21.5. The largest absolute Gasteiger partial charge is 0.481 e. The Morgan fingerprint density at radius 2 is 2.00 bits per heavy atom. The van der Waals surface area contributed by atoms with Gasteiger partial charge in [0.2, 0.25) is 5.88 Å². The average molecular weight is 527 g/mol. The molecular weight excluding hydrogens is 497 g/mol. The Kier molecular flexibility index (Phi) is 7.01. The number of hydrogen-bond donors (Lipinski definition) is 1. The molecule has 2 aliphatic rings.